The number of carboxylic acid groups (broad SMARTS) is 1. The molecule has 2 aliphatic heterocycles. The number of carbonyl (C=O) groups is 3. The summed E-state index contributed by atoms with van der Waals surface area (Å²) >= 11 is 1.64. The highest BCUT2D eigenvalue weighted by molar-refractivity contribution is 7.99. The van der Waals surface area contributed by atoms with Gasteiger partial charge in [0.2, 0.25) is 11.8 Å². The summed E-state index contributed by atoms with van der Waals surface area (Å²) in [4.78, 5) is 40.4. The number of rotatable bonds is 3. The zero-order valence-electron chi connectivity index (χ0n) is 14.1. The zero-order chi connectivity index (χ0) is 17.3. The zero-order valence-corrected chi connectivity index (χ0v) is 15.0. The van der Waals surface area contributed by atoms with Gasteiger partial charge in [-0.3, -0.25) is 14.4 Å². The lowest BCUT2D eigenvalue weighted by molar-refractivity contribution is -0.151. The van der Waals surface area contributed by atoms with E-state index in [1.54, 1.807) is 21.6 Å². The first-order valence-corrected chi connectivity index (χ1v) is 10.0. The third kappa shape index (κ3) is 3.41. The van der Waals surface area contributed by atoms with Gasteiger partial charge < -0.3 is 14.9 Å². The third-order valence-electron chi connectivity index (χ3n) is 5.69. The minimum atomic E-state index is -0.774. The van der Waals surface area contributed by atoms with Gasteiger partial charge in [0.1, 0.15) is 6.04 Å². The lowest BCUT2D eigenvalue weighted by Gasteiger charge is -2.37. The average molecular weight is 354 g/mol. The number of aliphatic carboxylic acids is 1. The van der Waals surface area contributed by atoms with Crippen molar-refractivity contribution in [1.82, 2.24) is 9.80 Å². The first-order chi connectivity index (χ1) is 11.5. The molecule has 1 N–H and O–H groups in total. The SMILES string of the molecule is CC1CN(C(=O)C2CSCN2C(=O)C2CCCC2)CCC1C(=O)O. The largest absolute Gasteiger partial charge is 0.481 e. The van der Waals surface area contributed by atoms with Crippen molar-refractivity contribution < 1.29 is 19.5 Å². The van der Waals surface area contributed by atoms with Gasteiger partial charge in [0.25, 0.3) is 0 Å². The normalized spacial score (nSPS) is 31.5. The van der Waals surface area contributed by atoms with Crippen molar-refractivity contribution in [2.45, 2.75) is 45.1 Å². The summed E-state index contributed by atoms with van der Waals surface area (Å²) in [6.45, 7) is 2.85. The number of hydrogen-bond acceptors (Lipinski definition) is 4. The molecule has 2 saturated heterocycles. The molecule has 0 bridgehead atoms. The van der Waals surface area contributed by atoms with Crippen LogP contribution in [0.2, 0.25) is 0 Å². The molecule has 6 nitrogen and oxygen atoms in total. The molecule has 134 valence electrons. The second-order valence-electron chi connectivity index (χ2n) is 7.30. The Morgan fingerprint density at radius 1 is 1.08 bits per heavy atom. The fourth-order valence-corrected chi connectivity index (χ4v) is 5.35. The molecule has 3 unspecified atom stereocenters. The topological polar surface area (TPSA) is 77.9 Å². The van der Waals surface area contributed by atoms with Crippen molar-refractivity contribution in [3.05, 3.63) is 0 Å². The fraction of sp³-hybridized carbons (Fsp3) is 0.824. The van der Waals surface area contributed by atoms with E-state index in [-0.39, 0.29) is 35.6 Å². The van der Waals surface area contributed by atoms with E-state index in [4.69, 9.17) is 0 Å². The summed E-state index contributed by atoms with van der Waals surface area (Å²) in [5.41, 5.74) is 0. The van der Waals surface area contributed by atoms with Crippen molar-refractivity contribution >= 4 is 29.5 Å². The second-order valence-corrected chi connectivity index (χ2v) is 8.30. The molecule has 0 radical (unpaired) electrons. The predicted octanol–water partition coefficient (Wildman–Crippen LogP) is 1.65. The van der Waals surface area contributed by atoms with Gasteiger partial charge in [0.15, 0.2) is 0 Å². The highest BCUT2D eigenvalue weighted by Gasteiger charge is 2.42. The maximum atomic E-state index is 12.9. The summed E-state index contributed by atoms with van der Waals surface area (Å²) < 4.78 is 0. The van der Waals surface area contributed by atoms with Crippen LogP contribution in [-0.4, -0.2) is 63.5 Å². The van der Waals surface area contributed by atoms with Crippen LogP contribution in [0.15, 0.2) is 0 Å². The number of amides is 2. The van der Waals surface area contributed by atoms with Crippen molar-refractivity contribution in [1.29, 1.82) is 0 Å². The monoisotopic (exact) mass is 354 g/mol. The van der Waals surface area contributed by atoms with Crippen molar-refractivity contribution in [3.8, 4) is 0 Å². The highest BCUT2D eigenvalue weighted by atomic mass is 32.2. The fourth-order valence-electron chi connectivity index (χ4n) is 4.20. The molecule has 0 spiro atoms. The molecule has 24 heavy (non-hydrogen) atoms. The molecule has 7 heteroatoms. The smallest absolute Gasteiger partial charge is 0.306 e. The quantitative estimate of drug-likeness (QED) is 0.834. The number of carbonyl (C=O) groups excluding carboxylic acids is 2. The van der Waals surface area contributed by atoms with E-state index in [2.05, 4.69) is 0 Å². The Hall–Kier alpha value is -1.24. The van der Waals surface area contributed by atoms with Gasteiger partial charge >= 0.3 is 5.97 Å². The summed E-state index contributed by atoms with van der Waals surface area (Å²) in [5.74, 6) is 0.305. The maximum Gasteiger partial charge on any atom is 0.306 e. The Labute approximate surface area is 146 Å². The number of hydrogen-bond donors (Lipinski definition) is 1. The van der Waals surface area contributed by atoms with Crippen LogP contribution in [0, 0.1) is 17.8 Å². The van der Waals surface area contributed by atoms with Gasteiger partial charge in [-0.05, 0) is 25.2 Å². The van der Waals surface area contributed by atoms with Crippen LogP contribution >= 0.6 is 11.8 Å². The lowest BCUT2D eigenvalue weighted by Crippen LogP contribution is -2.53. The molecule has 3 fully saturated rings. The summed E-state index contributed by atoms with van der Waals surface area (Å²) in [5, 5.41) is 9.22. The van der Waals surface area contributed by atoms with Crippen LogP contribution in [0.3, 0.4) is 0 Å². The average Bonchev–Trinajstić information content (AvgIpc) is 3.24. The van der Waals surface area contributed by atoms with Crippen LogP contribution in [0.5, 0.6) is 0 Å². The minimum absolute atomic E-state index is 0.00188. The molecule has 3 rings (SSSR count). The van der Waals surface area contributed by atoms with E-state index in [1.807, 2.05) is 6.92 Å². The van der Waals surface area contributed by atoms with Crippen molar-refractivity contribution in [2.75, 3.05) is 24.7 Å². The van der Waals surface area contributed by atoms with E-state index in [1.165, 1.54) is 0 Å². The highest BCUT2D eigenvalue weighted by Crippen LogP contribution is 2.32. The van der Waals surface area contributed by atoms with Crippen LogP contribution in [-0.2, 0) is 14.4 Å². The Kier molecular flexibility index (Phi) is 5.37. The molecule has 1 aliphatic carbocycles. The molecule has 3 aliphatic rings. The Morgan fingerprint density at radius 3 is 2.42 bits per heavy atom. The van der Waals surface area contributed by atoms with E-state index in [0.29, 0.717) is 31.1 Å². The van der Waals surface area contributed by atoms with Crippen LogP contribution in [0.1, 0.15) is 39.0 Å². The molecule has 2 amide bonds. The first kappa shape index (κ1) is 17.6. The Morgan fingerprint density at radius 2 is 1.79 bits per heavy atom. The van der Waals surface area contributed by atoms with Gasteiger partial charge in [-0.1, -0.05) is 19.8 Å². The number of nitrogens with zero attached hydrogens (tertiary/aromatic N) is 2. The van der Waals surface area contributed by atoms with E-state index < -0.39 is 5.97 Å². The molecule has 0 aromatic heterocycles. The molecule has 0 aromatic carbocycles. The molecule has 0 aromatic rings. The Balaban J connectivity index is 1.63. The summed E-state index contributed by atoms with van der Waals surface area (Å²) in [6.07, 6.45) is 4.61. The minimum Gasteiger partial charge on any atom is -0.481 e. The molecule has 1 saturated carbocycles. The summed E-state index contributed by atoms with van der Waals surface area (Å²) in [7, 11) is 0. The molecule has 2 heterocycles. The van der Waals surface area contributed by atoms with Crippen molar-refractivity contribution in [2.24, 2.45) is 17.8 Å². The van der Waals surface area contributed by atoms with Gasteiger partial charge in [-0.2, -0.15) is 0 Å². The van der Waals surface area contributed by atoms with Crippen molar-refractivity contribution in [3.63, 3.8) is 0 Å². The standard InChI is InChI=1S/C17H26N2O4S/c1-11-8-18(7-6-13(11)17(22)23)16(21)14-9-24-10-19(14)15(20)12-4-2-3-5-12/h11-14H,2-10H2,1H3,(H,22,23). The first-order valence-electron chi connectivity index (χ1n) is 8.89. The number of likely N-dealkylation sites (tertiary alicyclic amines) is 1. The number of piperidine rings is 1. The van der Waals surface area contributed by atoms with Gasteiger partial charge in [0.05, 0.1) is 11.8 Å². The second kappa shape index (κ2) is 7.33. The third-order valence-corrected chi connectivity index (χ3v) is 6.70. The Bertz CT molecular complexity index is 521. The summed E-state index contributed by atoms with van der Waals surface area (Å²) in [6, 6.07) is -0.364. The molecular formula is C17H26N2O4S. The number of thioether (sulfide) groups is 1. The molecule has 3 atom stereocenters. The lowest BCUT2D eigenvalue weighted by atomic mass is 9.87. The van der Waals surface area contributed by atoms with E-state index in [9.17, 15) is 19.5 Å². The van der Waals surface area contributed by atoms with Gasteiger partial charge in [-0.25, -0.2) is 0 Å². The predicted molar refractivity (Wildman–Crippen MR) is 91.4 cm³/mol. The molecular weight excluding hydrogens is 328 g/mol. The van der Waals surface area contributed by atoms with Gasteiger partial charge in [0, 0.05) is 24.8 Å². The van der Waals surface area contributed by atoms with Crippen LogP contribution in [0.25, 0.3) is 0 Å². The van der Waals surface area contributed by atoms with Crippen LogP contribution < -0.4 is 0 Å². The maximum absolute atomic E-state index is 12.9. The van der Waals surface area contributed by atoms with Gasteiger partial charge in [-0.15, -0.1) is 11.8 Å². The van der Waals surface area contributed by atoms with E-state index in [0.717, 1.165) is 25.7 Å². The number of carboxylic acids is 1. The van der Waals surface area contributed by atoms with Crippen LogP contribution in [0.4, 0.5) is 0 Å². The van der Waals surface area contributed by atoms with E-state index >= 15 is 0 Å².